The van der Waals surface area contributed by atoms with Crippen molar-refractivity contribution in [2.45, 2.75) is 43.0 Å². The van der Waals surface area contributed by atoms with Crippen LogP contribution in [-0.4, -0.2) is 25.4 Å². The number of carbonyl (C=O) groups is 1. The standard InChI is InChI=1S/C18H20N4O3S/c23-18-10-12-9-15(6-7-16(12)21-18)26(24,25)22-14-5-8-17(19-11-14)20-13-3-1-2-4-13/h5-9,11,13,22H,1-4,10H2,(H,19,20)(H,21,23). The van der Waals surface area contributed by atoms with Crippen molar-refractivity contribution < 1.29 is 13.2 Å². The van der Waals surface area contributed by atoms with Crippen LogP contribution in [0.25, 0.3) is 0 Å². The largest absolute Gasteiger partial charge is 0.367 e. The number of nitrogens with zero attached hydrogens (tertiary/aromatic N) is 1. The maximum Gasteiger partial charge on any atom is 0.261 e. The summed E-state index contributed by atoms with van der Waals surface area (Å²) in [5.41, 5.74) is 1.75. The van der Waals surface area contributed by atoms with E-state index >= 15 is 0 Å². The van der Waals surface area contributed by atoms with Gasteiger partial charge in [0, 0.05) is 11.7 Å². The van der Waals surface area contributed by atoms with Gasteiger partial charge in [-0.3, -0.25) is 9.52 Å². The highest BCUT2D eigenvalue weighted by molar-refractivity contribution is 7.92. The van der Waals surface area contributed by atoms with Crippen molar-refractivity contribution in [1.29, 1.82) is 0 Å². The third-order valence-electron chi connectivity index (χ3n) is 4.73. The van der Waals surface area contributed by atoms with E-state index in [0.717, 1.165) is 18.7 Å². The molecule has 136 valence electrons. The van der Waals surface area contributed by atoms with Gasteiger partial charge in [-0.05, 0) is 48.7 Å². The molecule has 7 nitrogen and oxygen atoms in total. The van der Waals surface area contributed by atoms with Crippen molar-refractivity contribution in [3.05, 3.63) is 42.1 Å². The summed E-state index contributed by atoms with van der Waals surface area (Å²) in [5, 5.41) is 6.06. The van der Waals surface area contributed by atoms with E-state index in [1.54, 1.807) is 18.2 Å². The SMILES string of the molecule is O=C1Cc2cc(S(=O)(=O)Nc3ccc(NC4CCCC4)nc3)ccc2N1. The molecule has 0 atom stereocenters. The number of hydrogen-bond donors (Lipinski definition) is 3. The highest BCUT2D eigenvalue weighted by Gasteiger charge is 2.22. The van der Waals surface area contributed by atoms with Crippen LogP contribution in [0.1, 0.15) is 31.2 Å². The Morgan fingerprint density at radius 2 is 1.92 bits per heavy atom. The summed E-state index contributed by atoms with van der Waals surface area (Å²) in [6, 6.07) is 8.55. The van der Waals surface area contributed by atoms with E-state index < -0.39 is 10.0 Å². The van der Waals surface area contributed by atoms with Gasteiger partial charge in [-0.25, -0.2) is 13.4 Å². The van der Waals surface area contributed by atoms with Crippen LogP contribution in [-0.2, 0) is 21.2 Å². The molecule has 2 aliphatic rings. The third kappa shape index (κ3) is 3.50. The van der Waals surface area contributed by atoms with Crippen LogP contribution in [0.3, 0.4) is 0 Å². The topological polar surface area (TPSA) is 100 Å². The zero-order valence-electron chi connectivity index (χ0n) is 14.2. The molecular formula is C18H20N4O3S. The van der Waals surface area contributed by atoms with Crippen molar-refractivity contribution in [2.24, 2.45) is 0 Å². The first-order valence-corrected chi connectivity index (χ1v) is 10.2. The Bertz CT molecular complexity index is 935. The van der Waals surface area contributed by atoms with E-state index in [1.165, 1.54) is 31.2 Å². The lowest BCUT2D eigenvalue weighted by molar-refractivity contribution is -0.115. The molecule has 1 saturated carbocycles. The maximum absolute atomic E-state index is 12.6. The van der Waals surface area contributed by atoms with Crippen LogP contribution in [0, 0.1) is 0 Å². The van der Waals surface area contributed by atoms with E-state index in [9.17, 15) is 13.2 Å². The number of benzene rings is 1. The first kappa shape index (κ1) is 16.8. The molecule has 0 radical (unpaired) electrons. The molecule has 4 rings (SSSR count). The summed E-state index contributed by atoms with van der Waals surface area (Å²) in [5.74, 6) is 0.624. The van der Waals surface area contributed by atoms with E-state index in [0.29, 0.717) is 23.0 Å². The van der Waals surface area contributed by atoms with Gasteiger partial charge in [0.1, 0.15) is 5.82 Å². The fourth-order valence-electron chi connectivity index (χ4n) is 3.41. The summed E-state index contributed by atoms with van der Waals surface area (Å²) in [7, 11) is -3.74. The molecule has 1 fully saturated rings. The van der Waals surface area contributed by atoms with Crippen molar-refractivity contribution in [3.8, 4) is 0 Å². The molecule has 0 unspecified atom stereocenters. The molecule has 2 aromatic rings. The van der Waals surface area contributed by atoms with Gasteiger partial charge in [0.15, 0.2) is 0 Å². The third-order valence-corrected chi connectivity index (χ3v) is 6.11. The Morgan fingerprint density at radius 1 is 1.12 bits per heavy atom. The second-order valence-electron chi connectivity index (χ2n) is 6.71. The normalized spacial score (nSPS) is 17.0. The zero-order chi connectivity index (χ0) is 18.1. The molecule has 3 N–H and O–H groups in total. The smallest absolute Gasteiger partial charge is 0.261 e. The molecule has 0 bridgehead atoms. The fourth-order valence-corrected chi connectivity index (χ4v) is 4.50. The quantitative estimate of drug-likeness (QED) is 0.749. The number of hydrogen-bond acceptors (Lipinski definition) is 5. The van der Waals surface area contributed by atoms with Gasteiger partial charge in [-0.2, -0.15) is 0 Å². The average molecular weight is 372 g/mol. The Balaban J connectivity index is 1.47. The summed E-state index contributed by atoms with van der Waals surface area (Å²) >= 11 is 0. The lowest BCUT2D eigenvalue weighted by atomic mass is 10.2. The van der Waals surface area contributed by atoms with Crippen molar-refractivity contribution in [3.63, 3.8) is 0 Å². The first-order chi connectivity index (χ1) is 12.5. The highest BCUT2D eigenvalue weighted by atomic mass is 32.2. The molecule has 1 amide bonds. The maximum atomic E-state index is 12.6. The minimum atomic E-state index is -3.74. The van der Waals surface area contributed by atoms with Gasteiger partial charge in [-0.15, -0.1) is 0 Å². The predicted octanol–water partition coefficient (Wildman–Crippen LogP) is 2.73. The van der Waals surface area contributed by atoms with Gasteiger partial charge >= 0.3 is 0 Å². The van der Waals surface area contributed by atoms with Gasteiger partial charge in [0.2, 0.25) is 5.91 Å². The Morgan fingerprint density at radius 3 is 2.65 bits per heavy atom. The van der Waals surface area contributed by atoms with Gasteiger partial charge in [0.05, 0.1) is 23.2 Å². The monoisotopic (exact) mass is 372 g/mol. The lowest BCUT2D eigenvalue weighted by Gasteiger charge is -2.13. The molecule has 1 aliphatic heterocycles. The minimum Gasteiger partial charge on any atom is -0.367 e. The van der Waals surface area contributed by atoms with Gasteiger partial charge < -0.3 is 10.6 Å². The lowest BCUT2D eigenvalue weighted by Crippen LogP contribution is -2.16. The number of rotatable bonds is 5. The highest BCUT2D eigenvalue weighted by Crippen LogP contribution is 2.27. The van der Waals surface area contributed by atoms with Crippen LogP contribution < -0.4 is 15.4 Å². The summed E-state index contributed by atoms with van der Waals surface area (Å²) in [6.45, 7) is 0. The number of nitrogens with one attached hydrogen (secondary N) is 3. The van der Waals surface area contributed by atoms with Crippen LogP contribution >= 0.6 is 0 Å². The molecule has 2 heterocycles. The zero-order valence-corrected chi connectivity index (χ0v) is 15.0. The second kappa shape index (κ2) is 6.60. The number of fused-ring (bicyclic) bond motifs is 1. The number of pyridine rings is 1. The molecule has 8 heteroatoms. The molecule has 1 aromatic carbocycles. The average Bonchev–Trinajstić information content (AvgIpc) is 3.24. The molecule has 0 saturated heterocycles. The molecular weight excluding hydrogens is 352 g/mol. The van der Waals surface area contributed by atoms with E-state index in [1.807, 2.05) is 0 Å². The second-order valence-corrected chi connectivity index (χ2v) is 8.39. The molecule has 1 aliphatic carbocycles. The number of sulfonamides is 1. The van der Waals surface area contributed by atoms with Crippen molar-refractivity contribution >= 4 is 33.1 Å². The Hall–Kier alpha value is -2.61. The van der Waals surface area contributed by atoms with Gasteiger partial charge in [-0.1, -0.05) is 12.8 Å². The minimum absolute atomic E-state index is 0.126. The first-order valence-electron chi connectivity index (χ1n) is 8.68. The van der Waals surface area contributed by atoms with Crippen molar-refractivity contribution in [2.75, 3.05) is 15.4 Å². The van der Waals surface area contributed by atoms with E-state index in [4.69, 9.17) is 0 Å². The van der Waals surface area contributed by atoms with Crippen LogP contribution in [0.4, 0.5) is 17.2 Å². The predicted molar refractivity (Wildman–Crippen MR) is 99.7 cm³/mol. The fraction of sp³-hybridized carbons (Fsp3) is 0.333. The van der Waals surface area contributed by atoms with E-state index in [-0.39, 0.29) is 17.2 Å². The van der Waals surface area contributed by atoms with Gasteiger partial charge in [0.25, 0.3) is 10.0 Å². The summed E-state index contributed by atoms with van der Waals surface area (Å²) in [4.78, 5) is 15.8. The van der Waals surface area contributed by atoms with Crippen LogP contribution in [0.5, 0.6) is 0 Å². The number of anilines is 3. The summed E-state index contributed by atoms with van der Waals surface area (Å²) < 4.78 is 27.7. The number of amides is 1. The number of aromatic nitrogens is 1. The Kier molecular flexibility index (Phi) is 4.28. The molecule has 1 aromatic heterocycles. The van der Waals surface area contributed by atoms with Crippen LogP contribution in [0.15, 0.2) is 41.4 Å². The van der Waals surface area contributed by atoms with Crippen LogP contribution in [0.2, 0.25) is 0 Å². The molecule has 26 heavy (non-hydrogen) atoms. The summed E-state index contributed by atoms with van der Waals surface area (Å²) in [6.07, 6.45) is 6.46. The Labute approximate surface area is 152 Å². The van der Waals surface area contributed by atoms with Crippen molar-refractivity contribution in [1.82, 2.24) is 4.98 Å². The van der Waals surface area contributed by atoms with E-state index in [2.05, 4.69) is 20.3 Å². The molecule has 0 spiro atoms. The number of carbonyl (C=O) groups excluding carboxylic acids is 1.